The standard InChI is InChI=1S/C16H23N3O3/c20-15(13-19-8-10-22-11-9-19)12-17-16(18-21)7-6-14-4-2-1-3-5-14/h1-7,15,20-21H,8-13H2,(H,17,18)/b7-6+. The molecule has 1 aromatic carbocycles. The summed E-state index contributed by atoms with van der Waals surface area (Å²) in [5.41, 5.74) is 3.06. The van der Waals surface area contributed by atoms with Crippen molar-refractivity contribution in [3.8, 4) is 0 Å². The van der Waals surface area contributed by atoms with Crippen LogP contribution in [0.1, 0.15) is 5.56 Å². The molecule has 1 saturated heterocycles. The molecule has 0 spiro atoms. The summed E-state index contributed by atoms with van der Waals surface area (Å²) in [5, 5.41) is 19.1. The van der Waals surface area contributed by atoms with Gasteiger partial charge in [0.15, 0.2) is 0 Å². The van der Waals surface area contributed by atoms with Crippen molar-refractivity contribution < 1.29 is 15.1 Å². The Morgan fingerprint density at radius 1 is 1.32 bits per heavy atom. The monoisotopic (exact) mass is 305 g/mol. The van der Waals surface area contributed by atoms with Gasteiger partial charge in [0.1, 0.15) is 5.84 Å². The number of amidine groups is 1. The summed E-state index contributed by atoms with van der Waals surface area (Å²) >= 11 is 0. The number of aliphatic imine (C=N–C) groups is 1. The quantitative estimate of drug-likeness (QED) is 0.411. The van der Waals surface area contributed by atoms with Crippen LogP contribution in [0.2, 0.25) is 0 Å². The number of rotatable bonds is 6. The number of aliphatic hydroxyl groups is 1. The van der Waals surface area contributed by atoms with Gasteiger partial charge in [0, 0.05) is 19.6 Å². The molecule has 1 atom stereocenters. The lowest BCUT2D eigenvalue weighted by Gasteiger charge is -2.28. The van der Waals surface area contributed by atoms with Crippen LogP contribution in [0.3, 0.4) is 0 Å². The van der Waals surface area contributed by atoms with Gasteiger partial charge >= 0.3 is 0 Å². The molecule has 0 radical (unpaired) electrons. The SMILES string of the molecule is ONC(/C=C/c1ccccc1)=NCC(O)CN1CCOCC1. The summed E-state index contributed by atoms with van der Waals surface area (Å²) < 4.78 is 5.27. The van der Waals surface area contributed by atoms with Crippen LogP contribution < -0.4 is 5.48 Å². The summed E-state index contributed by atoms with van der Waals surface area (Å²) in [6.45, 7) is 3.88. The predicted octanol–water partition coefficient (Wildman–Crippen LogP) is 0.770. The molecule has 2 rings (SSSR count). The average Bonchev–Trinajstić information content (AvgIpc) is 2.57. The van der Waals surface area contributed by atoms with Crippen LogP contribution in [-0.4, -0.2) is 66.5 Å². The number of nitrogens with zero attached hydrogens (tertiary/aromatic N) is 2. The first-order chi connectivity index (χ1) is 10.8. The lowest BCUT2D eigenvalue weighted by Crippen LogP contribution is -2.41. The number of hydrogen-bond donors (Lipinski definition) is 3. The van der Waals surface area contributed by atoms with Crippen LogP contribution in [0, 0.1) is 0 Å². The highest BCUT2D eigenvalue weighted by atomic mass is 16.5. The fourth-order valence-electron chi connectivity index (χ4n) is 2.21. The molecule has 1 aromatic rings. The van der Waals surface area contributed by atoms with Crippen molar-refractivity contribution in [1.29, 1.82) is 0 Å². The summed E-state index contributed by atoms with van der Waals surface area (Å²) in [4.78, 5) is 6.33. The Morgan fingerprint density at radius 2 is 2.05 bits per heavy atom. The Morgan fingerprint density at radius 3 is 2.73 bits per heavy atom. The van der Waals surface area contributed by atoms with Crippen molar-refractivity contribution in [3.63, 3.8) is 0 Å². The Hall–Kier alpha value is -1.73. The predicted molar refractivity (Wildman–Crippen MR) is 86.0 cm³/mol. The topological polar surface area (TPSA) is 77.3 Å². The molecular weight excluding hydrogens is 282 g/mol. The molecule has 1 fully saturated rings. The zero-order valence-corrected chi connectivity index (χ0v) is 12.6. The zero-order chi connectivity index (χ0) is 15.6. The van der Waals surface area contributed by atoms with Gasteiger partial charge < -0.3 is 9.84 Å². The third kappa shape index (κ3) is 5.95. The van der Waals surface area contributed by atoms with Crippen LogP contribution in [0.25, 0.3) is 6.08 Å². The van der Waals surface area contributed by atoms with Crippen LogP contribution in [-0.2, 0) is 4.74 Å². The van der Waals surface area contributed by atoms with Crippen LogP contribution in [0.15, 0.2) is 41.4 Å². The van der Waals surface area contributed by atoms with Gasteiger partial charge in [-0.2, -0.15) is 0 Å². The lowest BCUT2D eigenvalue weighted by atomic mass is 10.2. The van der Waals surface area contributed by atoms with Gasteiger partial charge in [-0.25, -0.2) is 0 Å². The molecule has 3 N–H and O–H groups in total. The van der Waals surface area contributed by atoms with E-state index in [2.05, 4.69) is 9.89 Å². The summed E-state index contributed by atoms with van der Waals surface area (Å²) in [5.74, 6) is 0.324. The number of benzene rings is 1. The molecule has 0 aliphatic carbocycles. The van der Waals surface area contributed by atoms with Crippen molar-refractivity contribution in [3.05, 3.63) is 42.0 Å². The summed E-state index contributed by atoms with van der Waals surface area (Å²) in [6, 6.07) is 9.74. The van der Waals surface area contributed by atoms with E-state index in [1.807, 2.05) is 41.9 Å². The molecule has 22 heavy (non-hydrogen) atoms. The summed E-state index contributed by atoms with van der Waals surface area (Å²) in [6.07, 6.45) is 2.96. The number of aliphatic hydroxyl groups excluding tert-OH is 1. The first-order valence-electron chi connectivity index (χ1n) is 7.44. The summed E-state index contributed by atoms with van der Waals surface area (Å²) in [7, 11) is 0. The van der Waals surface area contributed by atoms with Crippen LogP contribution in [0.4, 0.5) is 0 Å². The fourth-order valence-corrected chi connectivity index (χ4v) is 2.21. The highest BCUT2D eigenvalue weighted by molar-refractivity contribution is 5.95. The van der Waals surface area contributed by atoms with Gasteiger partial charge in [0.2, 0.25) is 0 Å². The smallest absolute Gasteiger partial charge is 0.144 e. The lowest BCUT2D eigenvalue weighted by molar-refractivity contribution is 0.0165. The minimum absolute atomic E-state index is 0.235. The molecule has 1 unspecified atom stereocenters. The maximum absolute atomic E-state index is 10.0. The van der Waals surface area contributed by atoms with Crippen molar-refractivity contribution in [1.82, 2.24) is 10.4 Å². The van der Waals surface area contributed by atoms with E-state index in [1.165, 1.54) is 0 Å². The maximum atomic E-state index is 10.0. The second-order valence-corrected chi connectivity index (χ2v) is 5.15. The van der Waals surface area contributed by atoms with E-state index in [4.69, 9.17) is 9.94 Å². The average molecular weight is 305 g/mol. The van der Waals surface area contributed by atoms with E-state index < -0.39 is 6.10 Å². The first-order valence-corrected chi connectivity index (χ1v) is 7.44. The van der Waals surface area contributed by atoms with E-state index in [-0.39, 0.29) is 6.54 Å². The number of nitrogens with one attached hydrogen (secondary N) is 1. The highest BCUT2D eigenvalue weighted by Crippen LogP contribution is 2.02. The normalized spacial score (nSPS) is 18.5. The van der Waals surface area contributed by atoms with E-state index in [0.29, 0.717) is 25.6 Å². The molecule has 1 aliphatic heterocycles. The van der Waals surface area contributed by atoms with Gasteiger partial charge in [0.25, 0.3) is 0 Å². The molecular formula is C16H23N3O3. The molecule has 0 saturated carbocycles. The Kier molecular flexibility index (Phi) is 7.05. The van der Waals surface area contributed by atoms with Crippen LogP contribution in [0.5, 0.6) is 0 Å². The van der Waals surface area contributed by atoms with Gasteiger partial charge in [0.05, 0.1) is 25.9 Å². The molecule has 0 bridgehead atoms. The molecule has 6 nitrogen and oxygen atoms in total. The number of morpholine rings is 1. The van der Waals surface area contributed by atoms with E-state index >= 15 is 0 Å². The Bertz CT molecular complexity index is 485. The minimum Gasteiger partial charge on any atom is -0.390 e. The number of β-amino-alcohol motifs (C(OH)–C–C–N with tert-alkyl or cyclic N) is 1. The van der Waals surface area contributed by atoms with Crippen molar-refractivity contribution in [2.45, 2.75) is 6.10 Å². The fraction of sp³-hybridized carbons (Fsp3) is 0.438. The number of hydrogen-bond acceptors (Lipinski definition) is 5. The molecule has 1 heterocycles. The maximum Gasteiger partial charge on any atom is 0.144 e. The molecule has 6 heteroatoms. The van der Waals surface area contributed by atoms with Gasteiger partial charge in [-0.05, 0) is 11.6 Å². The largest absolute Gasteiger partial charge is 0.390 e. The van der Waals surface area contributed by atoms with Crippen LogP contribution >= 0.6 is 0 Å². The second-order valence-electron chi connectivity index (χ2n) is 5.15. The van der Waals surface area contributed by atoms with Gasteiger partial charge in [-0.1, -0.05) is 36.4 Å². The van der Waals surface area contributed by atoms with E-state index in [9.17, 15) is 5.11 Å². The highest BCUT2D eigenvalue weighted by Gasteiger charge is 2.14. The molecule has 1 aliphatic rings. The molecule has 120 valence electrons. The Balaban J connectivity index is 1.82. The minimum atomic E-state index is -0.563. The van der Waals surface area contributed by atoms with Crippen molar-refractivity contribution in [2.75, 3.05) is 39.4 Å². The van der Waals surface area contributed by atoms with Gasteiger partial charge in [-0.3, -0.25) is 20.6 Å². The molecule has 0 amide bonds. The second kappa shape index (κ2) is 9.32. The zero-order valence-electron chi connectivity index (χ0n) is 12.6. The van der Waals surface area contributed by atoms with E-state index in [0.717, 1.165) is 18.7 Å². The van der Waals surface area contributed by atoms with Gasteiger partial charge in [-0.15, -0.1) is 0 Å². The number of ether oxygens (including phenoxy) is 1. The van der Waals surface area contributed by atoms with Crippen molar-refractivity contribution >= 4 is 11.9 Å². The Labute approximate surface area is 130 Å². The van der Waals surface area contributed by atoms with E-state index in [1.54, 1.807) is 6.08 Å². The number of hydroxylamine groups is 1. The van der Waals surface area contributed by atoms with Crippen molar-refractivity contribution in [2.24, 2.45) is 4.99 Å². The third-order valence-electron chi connectivity index (χ3n) is 3.39. The first kappa shape index (κ1) is 16.6. The molecule has 0 aromatic heterocycles. The third-order valence-corrected chi connectivity index (χ3v) is 3.39.